The van der Waals surface area contributed by atoms with Crippen LogP contribution in [0.3, 0.4) is 0 Å². The Balaban J connectivity index is 1.82. The standard InChI is InChI=1S/C14H19BrFN3S/c1-17-14(19-9-12-3-2-6-20-12)18-8-10-7-11(15)4-5-13(10)16/h4-5,7,12H,2-3,6,8-9H2,1H3,(H2,17,18,19). The molecule has 1 fully saturated rings. The number of thioether (sulfide) groups is 1. The number of aliphatic imine (C=N–C) groups is 1. The van der Waals surface area contributed by atoms with Crippen molar-refractivity contribution in [1.82, 2.24) is 10.6 Å². The van der Waals surface area contributed by atoms with Gasteiger partial charge < -0.3 is 10.6 Å². The van der Waals surface area contributed by atoms with Crippen LogP contribution in [0, 0.1) is 5.82 Å². The average molecular weight is 360 g/mol. The lowest BCUT2D eigenvalue weighted by Gasteiger charge is -2.15. The van der Waals surface area contributed by atoms with Gasteiger partial charge >= 0.3 is 0 Å². The maximum Gasteiger partial charge on any atom is 0.191 e. The van der Waals surface area contributed by atoms with Crippen LogP contribution in [-0.2, 0) is 6.54 Å². The molecule has 1 aliphatic heterocycles. The lowest BCUT2D eigenvalue weighted by Crippen LogP contribution is -2.39. The Morgan fingerprint density at radius 3 is 3.05 bits per heavy atom. The largest absolute Gasteiger partial charge is 0.355 e. The summed E-state index contributed by atoms with van der Waals surface area (Å²) in [5.41, 5.74) is 0.623. The Bertz CT molecular complexity index is 475. The highest BCUT2D eigenvalue weighted by molar-refractivity contribution is 9.10. The topological polar surface area (TPSA) is 36.4 Å². The SMILES string of the molecule is CN=C(NCc1cc(Br)ccc1F)NCC1CCCS1. The zero-order chi connectivity index (χ0) is 14.4. The first kappa shape index (κ1) is 15.6. The molecule has 1 aromatic rings. The van der Waals surface area contributed by atoms with Crippen LogP contribution in [0.25, 0.3) is 0 Å². The van der Waals surface area contributed by atoms with E-state index in [2.05, 4.69) is 31.6 Å². The molecule has 2 N–H and O–H groups in total. The van der Waals surface area contributed by atoms with E-state index in [-0.39, 0.29) is 5.82 Å². The van der Waals surface area contributed by atoms with E-state index in [0.717, 1.165) is 17.0 Å². The lowest BCUT2D eigenvalue weighted by atomic mass is 10.2. The van der Waals surface area contributed by atoms with Crippen molar-refractivity contribution in [2.24, 2.45) is 4.99 Å². The van der Waals surface area contributed by atoms with E-state index in [4.69, 9.17) is 0 Å². The number of nitrogens with zero attached hydrogens (tertiary/aromatic N) is 1. The van der Waals surface area contributed by atoms with E-state index in [1.54, 1.807) is 19.2 Å². The third kappa shape index (κ3) is 4.66. The molecule has 0 bridgehead atoms. The molecule has 1 unspecified atom stereocenters. The van der Waals surface area contributed by atoms with Crippen LogP contribution < -0.4 is 10.6 Å². The average Bonchev–Trinajstić information content (AvgIpc) is 2.96. The molecule has 3 nitrogen and oxygen atoms in total. The second-order valence-electron chi connectivity index (χ2n) is 4.68. The van der Waals surface area contributed by atoms with Crippen molar-refractivity contribution in [3.05, 3.63) is 34.1 Å². The molecule has 1 saturated heterocycles. The maximum atomic E-state index is 13.6. The molecule has 2 rings (SSSR count). The molecule has 110 valence electrons. The summed E-state index contributed by atoms with van der Waals surface area (Å²) in [5, 5.41) is 7.11. The van der Waals surface area contributed by atoms with Crippen LogP contribution >= 0.6 is 27.7 Å². The number of guanidine groups is 1. The minimum Gasteiger partial charge on any atom is -0.355 e. The third-order valence-corrected chi connectivity index (χ3v) is 5.09. The number of nitrogens with one attached hydrogen (secondary N) is 2. The summed E-state index contributed by atoms with van der Waals surface area (Å²) in [6.07, 6.45) is 2.56. The van der Waals surface area contributed by atoms with E-state index < -0.39 is 0 Å². The van der Waals surface area contributed by atoms with Gasteiger partial charge in [0.2, 0.25) is 0 Å². The van der Waals surface area contributed by atoms with Gasteiger partial charge in [-0.25, -0.2) is 4.39 Å². The molecule has 0 saturated carbocycles. The molecule has 20 heavy (non-hydrogen) atoms. The molecular formula is C14H19BrFN3S. The van der Waals surface area contributed by atoms with Crippen LogP contribution in [0.15, 0.2) is 27.7 Å². The van der Waals surface area contributed by atoms with E-state index >= 15 is 0 Å². The normalized spacial score (nSPS) is 19.1. The van der Waals surface area contributed by atoms with Gasteiger partial charge in [-0.2, -0.15) is 11.8 Å². The predicted octanol–water partition coefficient (Wildman–Crippen LogP) is 3.15. The Kier molecular flexibility index (Phi) is 6.16. The molecule has 1 heterocycles. The first-order chi connectivity index (χ1) is 9.69. The van der Waals surface area contributed by atoms with Crippen molar-refractivity contribution >= 4 is 33.7 Å². The van der Waals surface area contributed by atoms with Crippen molar-refractivity contribution in [3.8, 4) is 0 Å². The molecule has 1 atom stereocenters. The fourth-order valence-corrected chi connectivity index (χ4v) is 3.70. The summed E-state index contributed by atoms with van der Waals surface area (Å²) in [5.74, 6) is 1.76. The first-order valence-electron chi connectivity index (χ1n) is 6.69. The van der Waals surface area contributed by atoms with Crippen LogP contribution in [0.5, 0.6) is 0 Å². The second-order valence-corrected chi connectivity index (χ2v) is 7.00. The van der Waals surface area contributed by atoms with Crippen molar-refractivity contribution in [3.63, 3.8) is 0 Å². The Labute approximate surface area is 131 Å². The van der Waals surface area contributed by atoms with Gasteiger partial charge in [-0.05, 0) is 36.8 Å². The quantitative estimate of drug-likeness (QED) is 0.640. The minimum absolute atomic E-state index is 0.206. The minimum atomic E-state index is -0.206. The number of hydrogen-bond acceptors (Lipinski definition) is 2. The predicted molar refractivity (Wildman–Crippen MR) is 87.8 cm³/mol. The van der Waals surface area contributed by atoms with E-state index in [1.807, 2.05) is 11.8 Å². The van der Waals surface area contributed by atoms with Gasteiger partial charge in [0.25, 0.3) is 0 Å². The van der Waals surface area contributed by atoms with Crippen LogP contribution in [0.1, 0.15) is 18.4 Å². The summed E-state index contributed by atoms with van der Waals surface area (Å²) in [4.78, 5) is 4.17. The summed E-state index contributed by atoms with van der Waals surface area (Å²) in [6, 6.07) is 4.94. The first-order valence-corrected chi connectivity index (χ1v) is 8.53. The molecule has 0 radical (unpaired) electrons. The zero-order valence-corrected chi connectivity index (χ0v) is 13.9. The number of hydrogen-bond donors (Lipinski definition) is 2. The van der Waals surface area contributed by atoms with Gasteiger partial charge in [0.15, 0.2) is 5.96 Å². The molecule has 0 aromatic heterocycles. The van der Waals surface area contributed by atoms with Gasteiger partial charge in [-0.1, -0.05) is 15.9 Å². The van der Waals surface area contributed by atoms with E-state index in [9.17, 15) is 4.39 Å². The Morgan fingerprint density at radius 2 is 2.35 bits per heavy atom. The molecule has 0 spiro atoms. The van der Waals surface area contributed by atoms with Crippen LogP contribution in [0.4, 0.5) is 4.39 Å². The van der Waals surface area contributed by atoms with E-state index in [1.165, 1.54) is 24.7 Å². The van der Waals surface area contributed by atoms with Crippen LogP contribution in [-0.4, -0.2) is 30.6 Å². The van der Waals surface area contributed by atoms with Gasteiger partial charge in [-0.3, -0.25) is 4.99 Å². The zero-order valence-electron chi connectivity index (χ0n) is 11.5. The monoisotopic (exact) mass is 359 g/mol. The Morgan fingerprint density at radius 1 is 1.50 bits per heavy atom. The third-order valence-electron chi connectivity index (χ3n) is 3.20. The van der Waals surface area contributed by atoms with Crippen molar-refractivity contribution < 1.29 is 4.39 Å². The molecule has 0 aliphatic carbocycles. The van der Waals surface area contributed by atoms with E-state index in [0.29, 0.717) is 17.4 Å². The molecule has 1 aliphatic rings. The molecule has 6 heteroatoms. The number of benzene rings is 1. The summed E-state index contributed by atoms with van der Waals surface area (Å²) >= 11 is 5.35. The van der Waals surface area contributed by atoms with Crippen molar-refractivity contribution in [1.29, 1.82) is 0 Å². The van der Waals surface area contributed by atoms with Gasteiger partial charge in [0, 0.05) is 35.4 Å². The molecular weight excluding hydrogens is 341 g/mol. The lowest BCUT2D eigenvalue weighted by molar-refractivity contribution is 0.604. The number of rotatable bonds is 4. The molecule has 0 amide bonds. The smallest absolute Gasteiger partial charge is 0.191 e. The van der Waals surface area contributed by atoms with Crippen molar-refractivity contribution in [2.45, 2.75) is 24.6 Å². The van der Waals surface area contributed by atoms with Gasteiger partial charge in [0.1, 0.15) is 5.82 Å². The van der Waals surface area contributed by atoms with Crippen molar-refractivity contribution in [2.75, 3.05) is 19.3 Å². The van der Waals surface area contributed by atoms with Gasteiger partial charge in [-0.15, -0.1) is 0 Å². The summed E-state index contributed by atoms with van der Waals surface area (Å²) < 4.78 is 14.5. The highest BCUT2D eigenvalue weighted by Gasteiger charge is 2.15. The number of halogens is 2. The molecule has 1 aromatic carbocycles. The van der Waals surface area contributed by atoms with Gasteiger partial charge in [0.05, 0.1) is 0 Å². The van der Waals surface area contributed by atoms with Crippen LogP contribution in [0.2, 0.25) is 0 Å². The fourth-order valence-electron chi connectivity index (χ4n) is 2.09. The second kappa shape index (κ2) is 7.88. The fraction of sp³-hybridized carbons (Fsp3) is 0.500. The highest BCUT2D eigenvalue weighted by Crippen LogP contribution is 2.25. The summed E-state index contributed by atoms with van der Waals surface area (Å²) in [6.45, 7) is 1.33. The highest BCUT2D eigenvalue weighted by atomic mass is 79.9. The Hall–Kier alpha value is -0.750. The summed E-state index contributed by atoms with van der Waals surface area (Å²) in [7, 11) is 1.73. The maximum absolute atomic E-state index is 13.6.